The summed E-state index contributed by atoms with van der Waals surface area (Å²) in [7, 11) is 3.28. The Morgan fingerprint density at radius 2 is 1.04 bits per heavy atom. The average Bonchev–Trinajstić information content (AvgIpc) is 2.65. The zero-order valence-electron chi connectivity index (χ0n) is 15.4. The van der Waals surface area contributed by atoms with E-state index in [1.54, 1.807) is 14.1 Å². The second kappa shape index (κ2) is 8.47. The molecule has 0 aliphatic heterocycles. The molecule has 4 nitrogen and oxygen atoms in total. The average molecular weight is 338 g/mol. The molecule has 0 radical (unpaired) electrons. The number of hydrogen-bond acceptors (Lipinski definition) is 2. The van der Waals surface area contributed by atoms with Crippen LogP contribution in [0.1, 0.15) is 56.8 Å². The molecule has 2 N–H and O–H groups in total. The molecule has 0 saturated heterocycles. The zero-order valence-corrected chi connectivity index (χ0v) is 15.4. The molecular weight excluding hydrogens is 312 g/mol. The molecule has 0 spiro atoms. The first-order chi connectivity index (χ1) is 12.0. The third kappa shape index (κ3) is 4.69. The van der Waals surface area contributed by atoms with Crippen LogP contribution < -0.4 is 10.6 Å². The zero-order chi connectivity index (χ0) is 18.4. The van der Waals surface area contributed by atoms with Crippen molar-refractivity contribution in [3.63, 3.8) is 0 Å². The fourth-order valence-corrected chi connectivity index (χ4v) is 2.92. The molecule has 4 heteroatoms. The monoisotopic (exact) mass is 338 g/mol. The Labute approximate surface area is 149 Å². The Kier molecular flexibility index (Phi) is 6.34. The molecule has 0 unspecified atom stereocenters. The standard InChI is InChI=1S/C21H26N2O2/c1-5-14-7-16(12-18(10-14)20(24)22-3)9-17-8-15(6-2)11-19(13-17)21(25)23-4/h7-8,10-13H,5-6,9H2,1-4H3,(H,22,24)(H,23,25). The summed E-state index contributed by atoms with van der Waals surface area (Å²) in [5.41, 5.74) is 5.77. The van der Waals surface area contributed by atoms with Gasteiger partial charge in [0.25, 0.3) is 11.8 Å². The predicted molar refractivity (Wildman–Crippen MR) is 101 cm³/mol. The maximum atomic E-state index is 12.0. The van der Waals surface area contributed by atoms with Gasteiger partial charge < -0.3 is 10.6 Å². The minimum Gasteiger partial charge on any atom is -0.355 e. The number of benzene rings is 2. The fraction of sp³-hybridized carbons (Fsp3) is 0.333. The highest BCUT2D eigenvalue weighted by Gasteiger charge is 2.10. The first-order valence-electron chi connectivity index (χ1n) is 8.70. The van der Waals surface area contributed by atoms with E-state index in [0.717, 1.165) is 35.1 Å². The van der Waals surface area contributed by atoms with E-state index in [1.807, 2.05) is 24.3 Å². The third-order valence-corrected chi connectivity index (χ3v) is 4.31. The summed E-state index contributed by atoms with van der Waals surface area (Å²) in [5, 5.41) is 5.36. The lowest BCUT2D eigenvalue weighted by molar-refractivity contribution is 0.0955. The van der Waals surface area contributed by atoms with Gasteiger partial charge in [-0.2, -0.15) is 0 Å². The number of nitrogens with one attached hydrogen (secondary N) is 2. The number of carbonyl (C=O) groups excluding carboxylic acids is 2. The number of hydrogen-bond donors (Lipinski definition) is 2. The Morgan fingerprint density at radius 3 is 1.36 bits per heavy atom. The van der Waals surface area contributed by atoms with E-state index in [1.165, 1.54) is 0 Å². The summed E-state index contributed by atoms with van der Waals surface area (Å²) in [6.45, 7) is 4.16. The highest BCUT2D eigenvalue weighted by atomic mass is 16.2. The van der Waals surface area contributed by atoms with E-state index in [2.05, 4.69) is 36.6 Å². The minimum atomic E-state index is -0.0788. The summed E-state index contributed by atoms with van der Waals surface area (Å²) in [4.78, 5) is 24.0. The quantitative estimate of drug-likeness (QED) is 0.850. The molecule has 2 rings (SSSR count). The van der Waals surface area contributed by atoms with Crippen LogP contribution in [0.2, 0.25) is 0 Å². The van der Waals surface area contributed by atoms with Crippen LogP contribution in [0.15, 0.2) is 36.4 Å². The van der Waals surface area contributed by atoms with E-state index >= 15 is 0 Å². The molecule has 0 aliphatic carbocycles. The topological polar surface area (TPSA) is 58.2 Å². The lowest BCUT2D eigenvalue weighted by atomic mass is 9.95. The van der Waals surface area contributed by atoms with E-state index in [0.29, 0.717) is 17.5 Å². The number of amides is 2. The van der Waals surface area contributed by atoms with Gasteiger partial charge in [-0.1, -0.05) is 26.0 Å². The van der Waals surface area contributed by atoms with Gasteiger partial charge in [0.1, 0.15) is 0 Å². The Hall–Kier alpha value is -2.62. The number of carbonyl (C=O) groups is 2. The smallest absolute Gasteiger partial charge is 0.251 e. The van der Waals surface area contributed by atoms with E-state index < -0.39 is 0 Å². The number of rotatable bonds is 6. The number of aryl methyl sites for hydroxylation is 2. The molecule has 2 aromatic rings. The second-order valence-electron chi connectivity index (χ2n) is 6.12. The van der Waals surface area contributed by atoms with Crippen molar-refractivity contribution < 1.29 is 9.59 Å². The van der Waals surface area contributed by atoms with Crippen LogP contribution in [0.25, 0.3) is 0 Å². The molecule has 132 valence electrons. The normalized spacial score (nSPS) is 10.4. The summed E-state index contributed by atoms with van der Waals surface area (Å²) >= 11 is 0. The molecule has 0 fully saturated rings. The summed E-state index contributed by atoms with van der Waals surface area (Å²) < 4.78 is 0. The van der Waals surface area contributed by atoms with Crippen LogP contribution in [0.4, 0.5) is 0 Å². The predicted octanol–water partition coefficient (Wildman–Crippen LogP) is 3.12. The van der Waals surface area contributed by atoms with E-state index in [-0.39, 0.29) is 11.8 Å². The van der Waals surface area contributed by atoms with Gasteiger partial charge in [-0.05, 0) is 65.8 Å². The third-order valence-electron chi connectivity index (χ3n) is 4.31. The van der Waals surface area contributed by atoms with Crippen LogP contribution in [0, 0.1) is 0 Å². The van der Waals surface area contributed by atoms with Crippen LogP contribution in [-0.4, -0.2) is 25.9 Å². The van der Waals surface area contributed by atoms with Crippen molar-refractivity contribution in [1.29, 1.82) is 0 Å². The van der Waals surface area contributed by atoms with Crippen molar-refractivity contribution in [2.45, 2.75) is 33.1 Å². The molecule has 2 amide bonds. The van der Waals surface area contributed by atoms with E-state index in [4.69, 9.17) is 0 Å². The van der Waals surface area contributed by atoms with Crippen LogP contribution in [-0.2, 0) is 19.3 Å². The van der Waals surface area contributed by atoms with E-state index in [9.17, 15) is 9.59 Å². The van der Waals surface area contributed by atoms with Crippen molar-refractivity contribution in [3.8, 4) is 0 Å². The van der Waals surface area contributed by atoms with Gasteiger partial charge in [0.2, 0.25) is 0 Å². The Balaban J connectivity index is 2.41. The summed E-state index contributed by atoms with van der Waals surface area (Å²) in [6.07, 6.45) is 2.43. The van der Waals surface area contributed by atoms with Gasteiger partial charge in [-0.15, -0.1) is 0 Å². The fourth-order valence-electron chi connectivity index (χ4n) is 2.92. The van der Waals surface area contributed by atoms with Crippen molar-refractivity contribution >= 4 is 11.8 Å². The first kappa shape index (κ1) is 18.7. The summed E-state index contributed by atoms with van der Waals surface area (Å²) in [6, 6.07) is 12.0. The first-order valence-corrected chi connectivity index (χ1v) is 8.70. The largest absolute Gasteiger partial charge is 0.355 e. The van der Waals surface area contributed by atoms with Crippen molar-refractivity contribution in [3.05, 3.63) is 69.8 Å². The highest BCUT2D eigenvalue weighted by Crippen LogP contribution is 2.18. The van der Waals surface area contributed by atoms with Gasteiger partial charge in [-0.25, -0.2) is 0 Å². The van der Waals surface area contributed by atoms with Gasteiger partial charge in [0.05, 0.1) is 0 Å². The molecule has 2 aromatic carbocycles. The molecule has 0 atom stereocenters. The maximum Gasteiger partial charge on any atom is 0.251 e. The molecule has 0 heterocycles. The lowest BCUT2D eigenvalue weighted by Crippen LogP contribution is -2.18. The highest BCUT2D eigenvalue weighted by molar-refractivity contribution is 5.95. The lowest BCUT2D eigenvalue weighted by Gasteiger charge is -2.11. The maximum absolute atomic E-state index is 12.0. The molecular formula is C21H26N2O2. The van der Waals surface area contributed by atoms with Crippen LogP contribution in [0.5, 0.6) is 0 Å². The van der Waals surface area contributed by atoms with Crippen LogP contribution >= 0.6 is 0 Å². The summed E-state index contributed by atoms with van der Waals surface area (Å²) in [5.74, 6) is -0.158. The minimum absolute atomic E-state index is 0.0788. The Bertz CT molecular complexity index is 716. The van der Waals surface area contributed by atoms with Crippen molar-refractivity contribution in [2.24, 2.45) is 0 Å². The molecule has 0 saturated carbocycles. The SMILES string of the molecule is CCc1cc(Cc2cc(CC)cc(C(=O)NC)c2)cc(C(=O)NC)c1. The van der Waals surface area contributed by atoms with Crippen LogP contribution in [0.3, 0.4) is 0 Å². The van der Waals surface area contributed by atoms with Gasteiger partial charge in [0.15, 0.2) is 0 Å². The van der Waals surface area contributed by atoms with Crippen molar-refractivity contribution in [2.75, 3.05) is 14.1 Å². The molecule has 0 aliphatic rings. The van der Waals surface area contributed by atoms with Gasteiger partial charge in [-0.3, -0.25) is 9.59 Å². The molecule has 0 bridgehead atoms. The van der Waals surface area contributed by atoms with Crippen molar-refractivity contribution in [1.82, 2.24) is 10.6 Å². The molecule has 25 heavy (non-hydrogen) atoms. The molecule has 0 aromatic heterocycles. The second-order valence-corrected chi connectivity index (χ2v) is 6.12. The van der Waals surface area contributed by atoms with Gasteiger partial charge in [0, 0.05) is 25.2 Å². The van der Waals surface area contributed by atoms with Gasteiger partial charge >= 0.3 is 0 Å². The Morgan fingerprint density at radius 1 is 0.680 bits per heavy atom.